The first-order valence-electron chi connectivity index (χ1n) is 9.62. The molecule has 4 rings (SSSR count). The molecule has 1 aromatic carbocycles. The first-order valence-corrected chi connectivity index (χ1v) is 11.7. The van der Waals surface area contributed by atoms with Crippen molar-refractivity contribution in [2.24, 2.45) is 5.41 Å². The van der Waals surface area contributed by atoms with Crippen LogP contribution in [0.2, 0.25) is 0 Å². The second-order valence-corrected chi connectivity index (χ2v) is 9.41. The van der Waals surface area contributed by atoms with Gasteiger partial charge in [-0.3, -0.25) is 9.59 Å². The molecule has 1 aromatic heterocycles. The number of hydrogen-bond donors (Lipinski definition) is 3. The van der Waals surface area contributed by atoms with Gasteiger partial charge in [0, 0.05) is 37.0 Å². The second-order valence-electron chi connectivity index (χ2n) is 7.36. The van der Waals surface area contributed by atoms with Crippen molar-refractivity contribution >= 4 is 41.4 Å². The van der Waals surface area contributed by atoms with Gasteiger partial charge in [-0.1, -0.05) is 42.1 Å². The fraction of sp³-hybridized carbons (Fsp3) is 0.350. The number of amides is 3. The van der Waals surface area contributed by atoms with Gasteiger partial charge in [0.05, 0.1) is 0 Å². The third kappa shape index (κ3) is 4.62. The first kappa shape index (κ1) is 21.4. The molecular formula is C20H21N5O4S2. The largest absolute Gasteiger partial charge is 0.481 e. The van der Waals surface area contributed by atoms with E-state index in [1.165, 1.54) is 28.4 Å². The average Bonchev–Trinajstić information content (AvgIpc) is 2.81. The summed E-state index contributed by atoms with van der Waals surface area (Å²) in [6.45, 7) is 0.457. The number of urea groups is 1. The van der Waals surface area contributed by atoms with Crippen LogP contribution in [0.4, 0.5) is 4.79 Å². The van der Waals surface area contributed by atoms with Crippen LogP contribution in [0, 0.1) is 5.41 Å². The molecule has 3 heterocycles. The molecule has 0 radical (unpaired) electrons. The standard InChI is InChI=1S/C20H21N5O4S2/c26-15-14(24-18(29)23-9-13-5-2-1-3-6-13)16-25(15)10-20(11-30-16,17(27)28)12-31-19-21-7-4-8-22-19/h1-8,14,16H,9-12H2,(H,27,28)(H2,23,24,29)/t14?,16-,20?/m1/s1. The molecule has 2 fully saturated rings. The van der Waals surface area contributed by atoms with Crippen molar-refractivity contribution in [1.29, 1.82) is 0 Å². The Bertz CT molecular complexity index is 965. The van der Waals surface area contributed by atoms with Crippen molar-refractivity contribution in [2.45, 2.75) is 23.1 Å². The lowest BCUT2D eigenvalue weighted by Crippen LogP contribution is -2.74. The number of aliphatic carboxylic acids is 1. The van der Waals surface area contributed by atoms with Crippen LogP contribution in [-0.4, -0.2) is 67.3 Å². The van der Waals surface area contributed by atoms with Crippen molar-refractivity contribution in [3.8, 4) is 0 Å². The highest BCUT2D eigenvalue weighted by atomic mass is 32.2. The van der Waals surface area contributed by atoms with E-state index in [-0.39, 0.29) is 23.6 Å². The summed E-state index contributed by atoms with van der Waals surface area (Å²) in [4.78, 5) is 46.7. The Labute approximate surface area is 187 Å². The van der Waals surface area contributed by atoms with Crippen LogP contribution in [0.5, 0.6) is 0 Å². The van der Waals surface area contributed by atoms with Crippen molar-refractivity contribution < 1.29 is 19.5 Å². The molecule has 3 atom stereocenters. The number of β-lactam (4-membered cyclic amide) rings is 1. The topological polar surface area (TPSA) is 125 Å². The van der Waals surface area contributed by atoms with Crippen LogP contribution in [0.15, 0.2) is 53.9 Å². The SMILES string of the molecule is O=C(NCc1ccccc1)NC1C(=O)N2CC(CSc3ncccn3)(C(=O)O)CS[C@H]12. The molecule has 0 bridgehead atoms. The molecule has 2 saturated heterocycles. The highest BCUT2D eigenvalue weighted by Gasteiger charge is 2.57. The number of carbonyl (C=O) groups is 3. The molecular weight excluding hydrogens is 438 g/mol. The molecule has 2 unspecified atom stereocenters. The molecule has 0 aliphatic carbocycles. The fourth-order valence-electron chi connectivity index (χ4n) is 3.44. The zero-order valence-corrected chi connectivity index (χ0v) is 18.1. The highest BCUT2D eigenvalue weighted by molar-refractivity contribution is 8.00. The van der Waals surface area contributed by atoms with Crippen LogP contribution in [0.1, 0.15) is 5.56 Å². The summed E-state index contributed by atoms with van der Waals surface area (Å²) in [5.41, 5.74) is -0.140. The number of fused-ring (bicyclic) bond motifs is 1. The van der Waals surface area contributed by atoms with Gasteiger partial charge in [0.25, 0.3) is 0 Å². The molecule has 162 valence electrons. The van der Waals surface area contributed by atoms with E-state index in [4.69, 9.17) is 0 Å². The number of thioether (sulfide) groups is 2. The number of carboxylic acid groups (broad SMARTS) is 1. The van der Waals surface area contributed by atoms with E-state index in [1.807, 2.05) is 30.3 Å². The van der Waals surface area contributed by atoms with E-state index in [0.29, 0.717) is 17.5 Å². The molecule has 31 heavy (non-hydrogen) atoms. The lowest BCUT2D eigenvalue weighted by Gasteiger charge is -2.53. The molecule has 0 spiro atoms. The zero-order valence-electron chi connectivity index (χ0n) is 16.4. The van der Waals surface area contributed by atoms with Crippen molar-refractivity contribution in [2.75, 3.05) is 18.1 Å². The van der Waals surface area contributed by atoms with Gasteiger partial charge in [-0.2, -0.15) is 0 Å². The monoisotopic (exact) mass is 459 g/mol. The van der Waals surface area contributed by atoms with E-state index >= 15 is 0 Å². The lowest BCUT2D eigenvalue weighted by atomic mass is 9.89. The normalized spacial score (nSPS) is 24.6. The quantitative estimate of drug-likeness (QED) is 0.323. The highest BCUT2D eigenvalue weighted by Crippen LogP contribution is 2.44. The maximum atomic E-state index is 12.6. The maximum absolute atomic E-state index is 12.6. The number of benzene rings is 1. The number of hydrogen-bond acceptors (Lipinski definition) is 7. The number of nitrogens with zero attached hydrogens (tertiary/aromatic N) is 3. The molecule has 9 nitrogen and oxygen atoms in total. The molecule has 3 N–H and O–H groups in total. The maximum Gasteiger partial charge on any atom is 0.315 e. The number of rotatable bonds is 7. The van der Waals surface area contributed by atoms with Crippen molar-refractivity contribution in [3.05, 3.63) is 54.4 Å². The van der Waals surface area contributed by atoms with E-state index in [0.717, 1.165) is 5.56 Å². The summed E-state index contributed by atoms with van der Waals surface area (Å²) < 4.78 is 0. The van der Waals surface area contributed by atoms with Crippen LogP contribution in [-0.2, 0) is 16.1 Å². The summed E-state index contributed by atoms with van der Waals surface area (Å²) in [7, 11) is 0. The van der Waals surface area contributed by atoms with Crippen molar-refractivity contribution in [1.82, 2.24) is 25.5 Å². The zero-order chi connectivity index (χ0) is 21.8. The average molecular weight is 460 g/mol. The third-order valence-electron chi connectivity index (χ3n) is 5.20. The smallest absolute Gasteiger partial charge is 0.315 e. The number of carboxylic acids is 1. The second kappa shape index (κ2) is 9.15. The summed E-state index contributed by atoms with van der Waals surface area (Å²) in [6.07, 6.45) is 3.21. The van der Waals surface area contributed by atoms with Gasteiger partial charge in [-0.15, -0.1) is 11.8 Å². The van der Waals surface area contributed by atoms with Gasteiger partial charge in [0.2, 0.25) is 5.91 Å². The number of carbonyl (C=O) groups excluding carboxylic acids is 2. The summed E-state index contributed by atoms with van der Waals surface area (Å²) in [5.74, 6) is -0.628. The van der Waals surface area contributed by atoms with Gasteiger partial charge in [-0.25, -0.2) is 14.8 Å². The van der Waals surface area contributed by atoms with E-state index in [2.05, 4.69) is 20.6 Å². The molecule has 2 aromatic rings. The molecule has 3 amide bonds. The molecule has 0 saturated carbocycles. The van der Waals surface area contributed by atoms with Crippen LogP contribution in [0.25, 0.3) is 0 Å². The minimum absolute atomic E-state index is 0.0997. The van der Waals surface area contributed by atoms with Gasteiger partial charge in [-0.05, 0) is 11.6 Å². The van der Waals surface area contributed by atoms with Gasteiger partial charge in [0.1, 0.15) is 16.8 Å². The van der Waals surface area contributed by atoms with Crippen LogP contribution < -0.4 is 10.6 Å². The lowest BCUT2D eigenvalue weighted by molar-refractivity contribution is -0.156. The van der Waals surface area contributed by atoms with Gasteiger partial charge >= 0.3 is 12.0 Å². The van der Waals surface area contributed by atoms with E-state index in [9.17, 15) is 19.5 Å². The van der Waals surface area contributed by atoms with Gasteiger partial charge < -0.3 is 20.6 Å². The number of nitrogens with one attached hydrogen (secondary N) is 2. The fourth-order valence-corrected chi connectivity index (χ4v) is 6.10. The predicted molar refractivity (Wildman–Crippen MR) is 116 cm³/mol. The van der Waals surface area contributed by atoms with Crippen LogP contribution in [0.3, 0.4) is 0 Å². The Balaban J connectivity index is 1.32. The molecule has 11 heteroatoms. The van der Waals surface area contributed by atoms with E-state index < -0.39 is 23.5 Å². The van der Waals surface area contributed by atoms with Crippen LogP contribution >= 0.6 is 23.5 Å². The Morgan fingerprint density at radius 3 is 2.68 bits per heavy atom. The van der Waals surface area contributed by atoms with E-state index in [1.54, 1.807) is 18.5 Å². The first-order chi connectivity index (χ1) is 15.0. The van der Waals surface area contributed by atoms with Crippen molar-refractivity contribution in [3.63, 3.8) is 0 Å². The molecule has 2 aliphatic heterocycles. The molecule has 2 aliphatic rings. The minimum Gasteiger partial charge on any atom is -0.481 e. The Kier molecular flexibility index (Phi) is 6.33. The van der Waals surface area contributed by atoms with Gasteiger partial charge in [0.15, 0.2) is 5.16 Å². The summed E-state index contributed by atoms with van der Waals surface area (Å²) in [5, 5.41) is 15.6. The Morgan fingerprint density at radius 1 is 1.23 bits per heavy atom. The minimum atomic E-state index is -1.10. The summed E-state index contributed by atoms with van der Waals surface area (Å²) >= 11 is 2.64. The Morgan fingerprint density at radius 2 is 1.97 bits per heavy atom. The summed E-state index contributed by atoms with van der Waals surface area (Å²) in [6, 6.07) is 10.1. The third-order valence-corrected chi connectivity index (χ3v) is 7.95. The number of aromatic nitrogens is 2. The predicted octanol–water partition coefficient (Wildman–Crippen LogP) is 1.42. The Hall–Kier alpha value is -2.79.